The van der Waals surface area contributed by atoms with Crippen LogP contribution in [0.5, 0.6) is 0 Å². The molecule has 0 bridgehead atoms. The van der Waals surface area contributed by atoms with Crippen LogP contribution in [0.1, 0.15) is 122 Å². The molecule has 0 atom stereocenters. The second kappa shape index (κ2) is 23.5. The molecule has 0 aliphatic carbocycles. The molecule has 0 fully saturated rings. The number of hydrogen-bond acceptors (Lipinski definition) is 4. The Morgan fingerprint density at radius 1 is 0.657 bits per heavy atom. The fourth-order valence-electron chi connectivity index (χ4n) is 3.81. The zero-order valence-corrected chi connectivity index (χ0v) is 19.5. The van der Waals surface area contributed by atoms with Crippen molar-refractivity contribution >= 4 is 112 Å². The van der Waals surface area contributed by atoms with E-state index in [-0.39, 0.29) is 88.7 Å². The Kier molecular flexibility index (Phi) is 26.9. The summed E-state index contributed by atoms with van der Waals surface area (Å²) in [4.78, 5) is 34.1. The Morgan fingerprint density at radius 2 is 1.03 bits per heavy atom. The molecule has 1 aromatic carbocycles. The summed E-state index contributed by atoms with van der Waals surface area (Å²) in [6, 6.07) is 2.36. The van der Waals surface area contributed by atoms with Crippen LogP contribution in [0.25, 0.3) is 0 Å². The van der Waals surface area contributed by atoms with Crippen molar-refractivity contribution in [3.8, 4) is 0 Å². The fraction of sp³-hybridized carbons (Fsp3) is 0.640. The maximum absolute atomic E-state index is 11.4. The van der Waals surface area contributed by atoms with Crippen LogP contribution in [0.4, 0.5) is 5.69 Å². The first kappa shape index (κ1) is 39.9. The molecule has 4 N–H and O–H groups in total. The van der Waals surface area contributed by atoms with Crippen LogP contribution < -0.4 is 5.32 Å². The van der Waals surface area contributed by atoms with Crippen molar-refractivity contribution in [2.45, 2.75) is 90.9 Å². The number of unbranched alkanes of at least 4 members (excludes halogenated alkanes) is 10. The standard InChI is InChI=1S/C25H39NO6.3Na.3H/c1-18(2)14-12-10-8-6-4-3-5-7-9-11-13-15-26-19-16-20(23(27)28)22(25(31)32)21(17-19)24(29)30;;;;;;/h16-18,26H,3-15H2,1-2H3,(H,27,28)(H,29,30)(H,31,32);;;;;;. The van der Waals surface area contributed by atoms with E-state index in [2.05, 4.69) is 19.2 Å². The van der Waals surface area contributed by atoms with Gasteiger partial charge in [0.25, 0.3) is 0 Å². The summed E-state index contributed by atoms with van der Waals surface area (Å²) in [5.74, 6) is -3.70. The molecular formula is C25H42NNa3O6. The third-order valence-corrected chi connectivity index (χ3v) is 5.60. The van der Waals surface area contributed by atoms with Crippen LogP contribution in [0, 0.1) is 5.92 Å². The van der Waals surface area contributed by atoms with Crippen molar-refractivity contribution in [1.82, 2.24) is 0 Å². The molecule has 0 aromatic heterocycles. The minimum absolute atomic E-state index is 0. The zero-order chi connectivity index (χ0) is 23.9. The molecule has 0 aliphatic heterocycles. The minimum atomic E-state index is -1.57. The summed E-state index contributed by atoms with van der Waals surface area (Å²) in [7, 11) is 0. The van der Waals surface area contributed by atoms with E-state index in [1.165, 1.54) is 69.9 Å². The van der Waals surface area contributed by atoms with Crippen molar-refractivity contribution in [2.24, 2.45) is 5.92 Å². The first-order valence-corrected chi connectivity index (χ1v) is 11.9. The van der Waals surface area contributed by atoms with Gasteiger partial charge >= 0.3 is 107 Å². The third kappa shape index (κ3) is 17.5. The molecular weight excluding hydrogens is 479 g/mol. The van der Waals surface area contributed by atoms with Gasteiger partial charge in [0.15, 0.2) is 0 Å². The molecule has 7 nitrogen and oxygen atoms in total. The molecule has 0 amide bonds. The molecule has 0 spiro atoms. The van der Waals surface area contributed by atoms with Gasteiger partial charge in [-0.05, 0) is 24.5 Å². The van der Waals surface area contributed by atoms with E-state index in [0.717, 1.165) is 25.2 Å². The zero-order valence-electron chi connectivity index (χ0n) is 19.5. The molecule has 186 valence electrons. The summed E-state index contributed by atoms with van der Waals surface area (Å²) >= 11 is 0. The van der Waals surface area contributed by atoms with Crippen LogP contribution in [0.3, 0.4) is 0 Å². The summed E-state index contributed by atoms with van der Waals surface area (Å²) in [6.45, 7) is 5.12. The SMILES string of the molecule is CC(C)CCCCCCCCCCCCCNc1cc(C(=O)O)c(C(=O)O)c(C(=O)O)c1.[NaH].[NaH].[NaH]. The van der Waals surface area contributed by atoms with Crippen molar-refractivity contribution in [3.05, 3.63) is 28.8 Å². The third-order valence-electron chi connectivity index (χ3n) is 5.60. The number of anilines is 1. The number of nitrogens with one attached hydrogen (secondary N) is 1. The Hall–Kier alpha value is 0.430. The molecule has 10 heteroatoms. The summed E-state index contributed by atoms with van der Waals surface area (Å²) < 4.78 is 0. The van der Waals surface area contributed by atoms with Crippen LogP contribution >= 0.6 is 0 Å². The fourth-order valence-corrected chi connectivity index (χ4v) is 3.81. The Bertz CT molecular complexity index is 724. The van der Waals surface area contributed by atoms with Crippen LogP contribution in [0.2, 0.25) is 0 Å². The van der Waals surface area contributed by atoms with Crippen molar-refractivity contribution in [3.63, 3.8) is 0 Å². The Labute approximate surface area is 276 Å². The number of carboxylic acid groups (broad SMARTS) is 3. The van der Waals surface area contributed by atoms with Gasteiger partial charge in [-0.1, -0.05) is 84.5 Å². The second-order valence-corrected chi connectivity index (χ2v) is 8.86. The van der Waals surface area contributed by atoms with E-state index in [4.69, 9.17) is 0 Å². The molecule has 0 heterocycles. The molecule has 0 saturated heterocycles. The average Bonchev–Trinajstić information content (AvgIpc) is 2.72. The van der Waals surface area contributed by atoms with E-state index in [1.807, 2.05) is 0 Å². The summed E-state index contributed by atoms with van der Waals surface area (Å²) in [5, 5.41) is 30.8. The number of carbonyl (C=O) groups is 3. The molecule has 0 unspecified atom stereocenters. The van der Waals surface area contributed by atoms with Gasteiger partial charge in [0.2, 0.25) is 0 Å². The molecule has 0 aliphatic rings. The maximum atomic E-state index is 11.4. The molecule has 1 rings (SSSR count). The van der Waals surface area contributed by atoms with E-state index >= 15 is 0 Å². The quantitative estimate of drug-likeness (QED) is 0.165. The molecule has 35 heavy (non-hydrogen) atoms. The van der Waals surface area contributed by atoms with Crippen molar-refractivity contribution < 1.29 is 29.7 Å². The first-order valence-electron chi connectivity index (χ1n) is 11.9. The van der Waals surface area contributed by atoms with Crippen LogP contribution in [-0.4, -0.2) is 128 Å². The molecule has 1 aromatic rings. The number of carboxylic acids is 3. The average molecular weight is 522 g/mol. The van der Waals surface area contributed by atoms with Gasteiger partial charge in [0.05, 0.1) is 16.7 Å². The van der Waals surface area contributed by atoms with Gasteiger partial charge < -0.3 is 20.6 Å². The number of hydrogen-bond donors (Lipinski definition) is 4. The van der Waals surface area contributed by atoms with Crippen LogP contribution in [-0.2, 0) is 0 Å². The Balaban J connectivity index is -0.00000341. The van der Waals surface area contributed by atoms with E-state index in [1.54, 1.807) is 0 Å². The predicted octanol–water partition coefficient (Wildman–Crippen LogP) is 4.58. The molecule has 0 saturated carbocycles. The van der Waals surface area contributed by atoms with Gasteiger partial charge in [-0.3, -0.25) is 0 Å². The number of aromatic carboxylic acids is 3. The predicted molar refractivity (Wildman–Crippen MR) is 147 cm³/mol. The Morgan fingerprint density at radius 3 is 1.37 bits per heavy atom. The molecule has 0 radical (unpaired) electrons. The monoisotopic (exact) mass is 521 g/mol. The number of benzene rings is 1. The normalized spacial score (nSPS) is 10.0. The van der Waals surface area contributed by atoms with E-state index < -0.39 is 34.6 Å². The van der Waals surface area contributed by atoms with E-state index in [0.29, 0.717) is 12.2 Å². The first-order chi connectivity index (χ1) is 15.2. The van der Waals surface area contributed by atoms with Gasteiger partial charge in [0.1, 0.15) is 0 Å². The van der Waals surface area contributed by atoms with Gasteiger partial charge in [-0.15, -0.1) is 0 Å². The number of rotatable bonds is 18. The van der Waals surface area contributed by atoms with Crippen LogP contribution in [0.15, 0.2) is 12.1 Å². The summed E-state index contributed by atoms with van der Waals surface area (Å²) in [6.07, 6.45) is 14.8. The summed E-state index contributed by atoms with van der Waals surface area (Å²) in [5.41, 5.74) is -1.45. The van der Waals surface area contributed by atoms with Gasteiger partial charge in [-0.25, -0.2) is 14.4 Å². The van der Waals surface area contributed by atoms with E-state index in [9.17, 15) is 29.7 Å². The van der Waals surface area contributed by atoms with Crippen molar-refractivity contribution in [2.75, 3.05) is 11.9 Å². The topological polar surface area (TPSA) is 124 Å². The van der Waals surface area contributed by atoms with Gasteiger partial charge in [-0.2, -0.15) is 0 Å². The van der Waals surface area contributed by atoms with Gasteiger partial charge in [0, 0.05) is 12.2 Å². The van der Waals surface area contributed by atoms with Crippen molar-refractivity contribution in [1.29, 1.82) is 0 Å². The second-order valence-electron chi connectivity index (χ2n) is 8.86.